The predicted molar refractivity (Wildman–Crippen MR) is 78.5 cm³/mol. The molecular formula is C16H13N3O2. The minimum absolute atomic E-state index is 0.168. The summed E-state index contributed by atoms with van der Waals surface area (Å²) in [6.07, 6.45) is 4.64. The van der Waals surface area contributed by atoms with Crippen molar-refractivity contribution in [1.29, 1.82) is 0 Å². The van der Waals surface area contributed by atoms with Gasteiger partial charge in [0, 0.05) is 18.0 Å². The van der Waals surface area contributed by atoms with Gasteiger partial charge >= 0.3 is 5.97 Å². The van der Waals surface area contributed by atoms with Crippen molar-refractivity contribution < 1.29 is 9.90 Å². The molecule has 0 saturated carbocycles. The molecule has 2 aromatic heterocycles. The highest BCUT2D eigenvalue weighted by Gasteiger charge is 2.19. The number of hydrogen-bond acceptors (Lipinski definition) is 3. The van der Waals surface area contributed by atoms with Gasteiger partial charge in [-0.2, -0.15) is 5.10 Å². The first-order chi connectivity index (χ1) is 10.2. The summed E-state index contributed by atoms with van der Waals surface area (Å²) in [5.41, 5.74) is 3.44. The third kappa shape index (κ3) is 2.41. The molecule has 0 aliphatic rings. The molecule has 104 valence electrons. The first-order valence-corrected chi connectivity index (χ1v) is 6.45. The Balaban J connectivity index is 2.22. The van der Waals surface area contributed by atoms with Crippen molar-refractivity contribution in [3.05, 3.63) is 66.1 Å². The first kappa shape index (κ1) is 13.1. The molecule has 0 unspecified atom stereocenters. The fraction of sp³-hybridized carbons (Fsp3) is 0.0625. The number of nitrogens with zero attached hydrogens (tertiary/aromatic N) is 3. The van der Waals surface area contributed by atoms with Gasteiger partial charge in [0.1, 0.15) is 5.56 Å². The Kier molecular flexibility index (Phi) is 3.23. The van der Waals surface area contributed by atoms with Crippen LogP contribution in [-0.2, 0) is 0 Å². The molecule has 0 bridgehead atoms. The number of carboxylic acid groups (broad SMARTS) is 1. The lowest BCUT2D eigenvalue weighted by Gasteiger charge is -2.09. The maximum Gasteiger partial charge on any atom is 0.339 e. The van der Waals surface area contributed by atoms with Crippen molar-refractivity contribution in [1.82, 2.24) is 14.8 Å². The molecule has 0 aliphatic heterocycles. The number of pyridine rings is 1. The number of aromatic carboxylic acids is 1. The van der Waals surface area contributed by atoms with E-state index < -0.39 is 5.97 Å². The molecule has 2 heterocycles. The largest absolute Gasteiger partial charge is 0.478 e. The van der Waals surface area contributed by atoms with Crippen molar-refractivity contribution in [2.24, 2.45) is 0 Å². The Bertz CT molecular complexity index is 777. The second-order valence-corrected chi connectivity index (χ2v) is 4.70. The Labute approximate surface area is 121 Å². The zero-order chi connectivity index (χ0) is 14.8. The first-order valence-electron chi connectivity index (χ1n) is 6.45. The summed E-state index contributed by atoms with van der Waals surface area (Å²) in [5, 5.41) is 13.6. The van der Waals surface area contributed by atoms with Crippen LogP contribution in [0.5, 0.6) is 0 Å². The van der Waals surface area contributed by atoms with Crippen LogP contribution < -0.4 is 0 Å². The molecule has 5 heteroatoms. The van der Waals surface area contributed by atoms with E-state index in [2.05, 4.69) is 10.1 Å². The molecule has 5 nitrogen and oxygen atoms in total. The molecule has 0 amide bonds. The van der Waals surface area contributed by atoms with Crippen LogP contribution in [0, 0.1) is 6.92 Å². The second kappa shape index (κ2) is 5.20. The molecule has 0 radical (unpaired) electrons. The molecule has 0 fully saturated rings. The molecule has 3 aromatic rings. The summed E-state index contributed by atoms with van der Waals surface area (Å²) in [6, 6.07) is 11.3. The van der Waals surface area contributed by atoms with Gasteiger partial charge in [-0.3, -0.25) is 4.98 Å². The number of carbonyl (C=O) groups is 1. The summed E-state index contributed by atoms with van der Waals surface area (Å²) >= 11 is 0. The Morgan fingerprint density at radius 3 is 2.38 bits per heavy atom. The van der Waals surface area contributed by atoms with Crippen molar-refractivity contribution in [3.63, 3.8) is 0 Å². The fourth-order valence-electron chi connectivity index (χ4n) is 2.17. The lowest BCUT2D eigenvalue weighted by atomic mass is 10.1. The van der Waals surface area contributed by atoms with Gasteiger partial charge in [-0.25, -0.2) is 9.48 Å². The maximum atomic E-state index is 11.4. The van der Waals surface area contributed by atoms with Gasteiger partial charge in [-0.1, -0.05) is 17.7 Å². The van der Waals surface area contributed by atoms with Crippen LogP contribution in [0.15, 0.2) is 55.0 Å². The smallest absolute Gasteiger partial charge is 0.339 e. The summed E-state index contributed by atoms with van der Waals surface area (Å²) in [7, 11) is 0. The molecule has 1 N–H and O–H groups in total. The number of benzene rings is 1. The number of carboxylic acids is 1. The van der Waals surface area contributed by atoms with E-state index >= 15 is 0 Å². The van der Waals surface area contributed by atoms with E-state index in [1.807, 2.05) is 31.2 Å². The van der Waals surface area contributed by atoms with Gasteiger partial charge in [-0.05, 0) is 31.2 Å². The summed E-state index contributed by atoms with van der Waals surface area (Å²) in [5.74, 6) is -1.000. The normalized spacial score (nSPS) is 10.5. The van der Waals surface area contributed by atoms with Gasteiger partial charge in [0.2, 0.25) is 0 Å². The Morgan fingerprint density at radius 1 is 1.10 bits per heavy atom. The van der Waals surface area contributed by atoms with Gasteiger partial charge in [0.05, 0.1) is 17.6 Å². The van der Waals surface area contributed by atoms with E-state index in [0.29, 0.717) is 5.69 Å². The van der Waals surface area contributed by atoms with Crippen LogP contribution in [-0.4, -0.2) is 25.8 Å². The van der Waals surface area contributed by atoms with Crippen molar-refractivity contribution in [3.8, 4) is 16.9 Å². The van der Waals surface area contributed by atoms with E-state index in [1.165, 1.54) is 6.20 Å². The summed E-state index contributed by atoms with van der Waals surface area (Å²) in [4.78, 5) is 15.4. The zero-order valence-corrected chi connectivity index (χ0v) is 11.4. The van der Waals surface area contributed by atoms with Gasteiger partial charge < -0.3 is 5.11 Å². The van der Waals surface area contributed by atoms with Crippen molar-refractivity contribution >= 4 is 5.97 Å². The lowest BCUT2D eigenvalue weighted by Crippen LogP contribution is -2.03. The van der Waals surface area contributed by atoms with Crippen LogP contribution in [0.25, 0.3) is 16.9 Å². The lowest BCUT2D eigenvalue weighted by molar-refractivity contribution is 0.0697. The van der Waals surface area contributed by atoms with E-state index in [4.69, 9.17) is 0 Å². The molecular weight excluding hydrogens is 266 g/mol. The van der Waals surface area contributed by atoms with Crippen LogP contribution >= 0.6 is 0 Å². The van der Waals surface area contributed by atoms with E-state index in [-0.39, 0.29) is 5.56 Å². The van der Waals surface area contributed by atoms with Crippen LogP contribution in [0.4, 0.5) is 0 Å². The standard InChI is InChI=1S/C16H13N3O2/c1-11-2-4-13(5-3-11)19-15(12-6-8-17-9-7-12)14(10-18-19)16(20)21/h2-10H,1H3,(H,20,21). The number of hydrogen-bond donors (Lipinski definition) is 1. The Hall–Kier alpha value is -2.95. The number of aromatic nitrogens is 3. The molecule has 0 spiro atoms. The van der Waals surface area contributed by atoms with Crippen LogP contribution in [0.3, 0.4) is 0 Å². The minimum atomic E-state index is -1.000. The topological polar surface area (TPSA) is 68.0 Å². The SMILES string of the molecule is Cc1ccc(-n2ncc(C(=O)O)c2-c2ccncc2)cc1. The van der Waals surface area contributed by atoms with Gasteiger partial charge in [0.15, 0.2) is 0 Å². The summed E-state index contributed by atoms with van der Waals surface area (Å²) < 4.78 is 1.64. The predicted octanol–water partition coefficient (Wildman–Crippen LogP) is 2.94. The average Bonchev–Trinajstić information content (AvgIpc) is 2.94. The fourth-order valence-corrected chi connectivity index (χ4v) is 2.17. The van der Waals surface area contributed by atoms with Crippen molar-refractivity contribution in [2.75, 3.05) is 0 Å². The highest BCUT2D eigenvalue weighted by Crippen LogP contribution is 2.26. The zero-order valence-electron chi connectivity index (χ0n) is 11.4. The maximum absolute atomic E-state index is 11.4. The van der Waals surface area contributed by atoms with Crippen molar-refractivity contribution in [2.45, 2.75) is 6.92 Å². The van der Waals surface area contributed by atoms with Crippen LogP contribution in [0.2, 0.25) is 0 Å². The third-order valence-corrected chi connectivity index (χ3v) is 3.23. The highest BCUT2D eigenvalue weighted by molar-refractivity contribution is 5.95. The molecule has 0 atom stereocenters. The van der Waals surface area contributed by atoms with Gasteiger partial charge in [0.25, 0.3) is 0 Å². The molecule has 0 aliphatic carbocycles. The number of aryl methyl sites for hydroxylation is 1. The quantitative estimate of drug-likeness (QED) is 0.800. The van der Waals surface area contributed by atoms with Gasteiger partial charge in [-0.15, -0.1) is 0 Å². The van der Waals surface area contributed by atoms with Crippen LogP contribution in [0.1, 0.15) is 15.9 Å². The minimum Gasteiger partial charge on any atom is -0.478 e. The second-order valence-electron chi connectivity index (χ2n) is 4.70. The highest BCUT2D eigenvalue weighted by atomic mass is 16.4. The average molecular weight is 279 g/mol. The van der Waals surface area contributed by atoms with E-state index in [0.717, 1.165) is 16.8 Å². The van der Waals surface area contributed by atoms with E-state index in [9.17, 15) is 9.90 Å². The molecule has 1 aromatic carbocycles. The molecule has 0 saturated heterocycles. The molecule has 21 heavy (non-hydrogen) atoms. The Morgan fingerprint density at radius 2 is 1.76 bits per heavy atom. The third-order valence-electron chi connectivity index (χ3n) is 3.23. The summed E-state index contributed by atoms with van der Waals surface area (Å²) in [6.45, 7) is 2.00. The molecule has 3 rings (SSSR count). The van der Waals surface area contributed by atoms with E-state index in [1.54, 1.807) is 29.2 Å². The monoisotopic (exact) mass is 279 g/mol. The number of rotatable bonds is 3.